The zero-order chi connectivity index (χ0) is 15.8. The Bertz CT molecular complexity index is 604. The molecule has 1 N–H and O–H groups in total. The topological polar surface area (TPSA) is 55.4 Å². The van der Waals surface area contributed by atoms with Gasteiger partial charge in [-0.2, -0.15) is 0 Å². The third kappa shape index (κ3) is 5.10. The van der Waals surface area contributed by atoms with E-state index in [0.29, 0.717) is 5.31 Å². The van der Waals surface area contributed by atoms with E-state index in [1.807, 2.05) is 60.7 Å². The number of alkyl carbamates (subject to hydrolysis) is 1. The van der Waals surface area contributed by atoms with Crippen molar-refractivity contribution in [2.45, 2.75) is 19.1 Å². The van der Waals surface area contributed by atoms with Crippen LogP contribution in [-0.2, 0) is 22.6 Å². The third-order valence-corrected chi connectivity index (χ3v) is 2.87. The van der Waals surface area contributed by atoms with Gasteiger partial charge in [-0.05, 0) is 11.1 Å². The molecular weight excluding hydrogens is 266 g/mol. The number of hydrogen-bond donors (Lipinski definition) is 1. The largest absolute Gasteiger partial charge is 0.445 e. The molecule has 0 bridgehead atoms. The molecule has 1 atom stereocenters. The highest BCUT2D eigenvalue weighted by Gasteiger charge is 2.13. The predicted octanol–water partition coefficient (Wildman–Crippen LogP) is 2.63. The van der Waals surface area contributed by atoms with Crippen LogP contribution >= 0.6 is 0 Å². The lowest BCUT2D eigenvalue weighted by Gasteiger charge is -2.12. The van der Waals surface area contributed by atoms with Crippen LogP contribution in [0, 0.1) is 0 Å². The Hall–Kier alpha value is -2.62. The van der Waals surface area contributed by atoms with Crippen LogP contribution in [0.25, 0.3) is 0 Å². The number of hydrogen-bond acceptors (Lipinski definition) is 3. The fourth-order valence-corrected chi connectivity index (χ4v) is 1.83. The molecule has 4 heteroatoms. The summed E-state index contributed by atoms with van der Waals surface area (Å²) >= 11 is 0. The molecule has 2 aromatic rings. The van der Waals surface area contributed by atoms with Gasteiger partial charge >= 0.3 is 6.09 Å². The summed E-state index contributed by atoms with van der Waals surface area (Å²) in [4.78, 5) is 22.9. The first kappa shape index (κ1) is 13.4. The minimum atomic E-state index is -0.995. The average molecular weight is 283 g/mol. The van der Waals surface area contributed by atoms with E-state index in [0.717, 1.165) is 11.1 Å². The first-order valence-electron chi connectivity index (χ1n) is 7.06. The number of ether oxygens (including phenoxy) is 1. The predicted molar refractivity (Wildman–Crippen MR) is 79.4 cm³/mol. The highest BCUT2D eigenvalue weighted by Crippen LogP contribution is 2.03. The van der Waals surface area contributed by atoms with E-state index in [2.05, 4.69) is 0 Å². The molecule has 0 saturated heterocycles. The van der Waals surface area contributed by atoms with Crippen molar-refractivity contribution in [2.75, 3.05) is 0 Å². The first-order valence-corrected chi connectivity index (χ1v) is 6.61. The lowest BCUT2D eigenvalue weighted by atomic mass is 10.1. The van der Waals surface area contributed by atoms with Crippen LogP contribution in [0.1, 0.15) is 11.1 Å². The van der Waals surface area contributed by atoms with Crippen molar-refractivity contribution in [1.29, 1.82) is 0 Å². The number of benzene rings is 2. The Kier molecular flexibility index (Phi) is 4.99. The Morgan fingerprint density at radius 1 is 1.10 bits per heavy atom. The fraction of sp³-hybridized carbons (Fsp3) is 0.176. The Morgan fingerprint density at radius 2 is 1.67 bits per heavy atom. The maximum Gasteiger partial charge on any atom is 0.408 e. The van der Waals surface area contributed by atoms with Gasteiger partial charge in [-0.3, -0.25) is 4.79 Å². The number of nitrogens with one attached hydrogen (secondary N) is 1. The molecule has 0 unspecified atom stereocenters. The highest BCUT2D eigenvalue weighted by atomic mass is 16.5. The minimum absolute atomic E-state index is 0.0615. The van der Waals surface area contributed by atoms with Gasteiger partial charge in [0, 0.05) is 6.42 Å². The third-order valence-electron chi connectivity index (χ3n) is 2.87. The molecule has 107 valence electrons. The number of rotatable bonds is 6. The number of amides is 1. The molecule has 2 rings (SSSR count). The average Bonchev–Trinajstić information content (AvgIpc) is 2.58. The van der Waals surface area contributed by atoms with Gasteiger partial charge in [-0.1, -0.05) is 60.7 Å². The lowest BCUT2D eigenvalue weighted by Crippen LogP contribution is -2.37. The molecule has 21 heavy (non-hydrogen) atoms. The molecule has 0 aliphatic carbocycles. The summed E-state index contributed by atoms with van der Waals surface area (Å²) < 4.78 is 12.8. The number of carbonyl (C=O) groups is 1. The highest BCUT2D eigenvalue weighted by molar-refractivity contribution is 5.73. The van der Waals surface area contributed by atoms with Crippen molar-refractivity contribution in [3.8, 4) is 0 Å². The van der Waals surface area contributed by atoms with Gasteiger partial charge in [0.1, 0.15) is 12.6 Å². The molecule has 1 radical (unpaired) electrons. The van der Waals surface area contributed by atoms with Crippen LogP contribution in [0.15, 0.2) is 60.7 Å². The summed E-state index contributed by atoms with van der Waals surface area (Å²) in [6.45, 7) is 0.0615. The molecule has 0 spiro atoms. The molecule has 0 aliphatic rings. The quantitative estimate of drug-likeness (QED) is 0.886. The van der Waals surface area contributed by atoms with Gasteiger partial charge in [-0.25, -0.2) is 4.79 Å². The van der Waals surface area contributed by atoms with Crippen LogP contribution in [0.2, 0.25) is 1.41 Å². The van der Waals surface area contributed by atoms with Crippen molar-refractivity contribution in [3.05, 3.63) is 71.8 Å². The molecule has 1 amide bonds. The van der Waals surface area contributed by atoms with Crippen molar-refractivity contribution in [2.24, 2.45) is 0 Å². The van der Waals surface area contributed by atoms with E-state index in [-0.39, 0.29) is 13.0 Å². The molecule has 0 saturated carbocycles. The monoisotopic (exact) mass is 283 g/mol. The maximum atomic E-state index is 11.8. The second-order valence-electron chi connectivity index (χ2n) is 4.49. The maximum absolute atomic E-state index is 11.8. The standard InChI is InChI=1S/C17H16NO3/c19-12-16(11-14-7-3-1-4-8-14)18-17(20)21-13-15-9-5-2-6-10-15/h1-10,16H,11,13H2,(H,18,20)/t16-/m0/s1/i/hD. The van der Waals surface area contributed by atoms with Gasteiger partial charge in [-0.15, -0.1) is 0 Å². The second kappa shape index (κ2) is 7.85. The minimum Gasteiger partial charge on any atom is -0.445 e. The van der Waals surface area contributed by atoms with Crippen LogP contribution in [-0.4, -0.2) is 18.4 Å². The second-order valence-corrected chi connectivity index (χ2v) is 4.49. The molecule has 0 aliphatic heterocycles. The molecule has 0 heterocycles. The van der Waals surface area contributed by atoms with Crippen LogP contribution in [0.3, 0.4) is 0 Å². The molecule has 2 aromatic carbocycles. The van der Waals surface area contributed by atoms with E-state index in [1.165, 1.54) is 0 Å². The Balaban J connectivity index is 1.91. The molecule has 0 fully saturated rings. The lowest BCUT2D eigenvalue weighted by molar-refractivity contribution is 0.138. The van der Waals surface area contributed by atoms with Crippen molar-refractivity contribution >= 4 is 12.4 Å². The summed E-state index contributed by atoms with van der Waals surface area (Å²) in [5, 5.41) is 0.531. The summed E-state index contributed by atoms with van der Waals surface area (Å²) in [6, 6.07) is 17.3. The fourth-order valence-electron chi connectivity index (χ4n) is 1.83. The number of carbonyl (C=O) groups excluding carboxylic acids is 2. The van der Waals surface area contributed by atoms with Crippen LogP contribution in [0.4, 0.5) is 4.79 Å². The Morgan fingerprint density at radius 3 is 2.24 bits per heavy atom. The van der Waals surface area contributed by atoms with Gasteiger partial charge in [0.25, 0.3) is 0 Å². The van der Waals surface area contributed by atoms with Crippen molar-refractivity contribution in [1.82, 2.24) is 5.31 Å². The van der Waals surface area contributed by atoms with E-state index in [1.54, 1.807) is 6.29 Å². The van der Waals surface area contributed by atoms with Gasteiger partial charge in [0.05, 0.1) is 0 Å². The van der Waals surface area contributed by atoms with Crippen LogP contribution in [0.5, 0.6) is 0 Å². The van der Waals surface area contributed by atoms with E-state index >= 15 is 0 Å². The van der Waals surface area contributed by atoms with E-state index < -0.39 is 12.1 Å². The van der Waals surface area contributed by atoms with Crippen molar-refractivity contribution in [3.63, 3.8) is 0 Å². The summed E-state index contributed by atoms with van der Waals surface area (Å²) in [7, 11) is 0. The smallest absolute Gasteiger partial charge is 0.408 e. The summed E-state index contributed by atoms with van der Waals surface area (Å²) in [6.07, 6.45) is 1.08. The SMILES string of the molecule is [2H]N(C(=O)OCc1ccccc1)[C@H]([C]=O)Cc1ccccc1. The van der Waals surface area contributed by atoms with Crippen molar-refractivity contribution < 1.29 is 15.7 Å². The molecular formula is C17H16NO3. The molecule has 4 nitrogen and oxygen atoms in total. The van der Waals surface area contributed by atoms with Gasteiger partial charge in [0.2, 0.25) is 6.29 Å². The zero-order valence-corrected chi connectivity index (χ0v) is 11.4. The summed E-state index contributed by atoms with van der Waals surface area (Å²) in [5.74, 6) is 0. The Labute approximate surface area is 125 Å². The van der Waals surface area contributed by atoms with E-state index in [9.17, 15) is 9.59 Å². The van der Waals surface area contributed by atoms with Crippen LogP contribution < -0.4 is 5.31 Å². The normalized spacial score (nSPS) is 12.1. The van der Waals surface area contributed by atoms with Gasteiger partial charge in [0.15, 0.2) is 1.41 Å². The van der Waals surface area contributed by atoms with E-state index in [4.69, 9.17) is 6.15 Å². The summed E-state index contributed by atoms with van der Waals surface area (Å²) in [5.41, 5.74) is 1.67. The van der Waals surface area contributed by atoms with Gasteiger partial charge < -0.3 is 10.0 Å². The zero-order valence-electron chi connectivity index (χ0n) is 12.4. The molecule has 0 aromatic heterocycles. The first-order chi connectivity index (χ1) is 10.7.